The molecule has 4 heteroatoms. The predicted octanol–water partition coefficient (Wildman–Crippen LogP) is 1.87. The average Bonchev–Trinajstić information content (AvgIpc) is 2.88. The van der Waals surface area contributed by atoms with Gasteiger partial charge in [-0.1, -0.05) is 0 Å². The Bertz CT molecular complexity index is 618. The molecule has 1 saturated heterocycles. The third-order valence-corrected chi connectivity index (χ3v) is 4.37. The van der Waals surface area contributed by atoms with E-state index in [1.54, 1.807) is 7.11 Å². The number of fused-ring (bicyclic) bond motifs is 2. The van der Waals surface area contributed by atoms with Crippen LogP contribution < -0.4 is 15.4 Å². The molecule has 1 aromatic heterocycles. The van der Waals surface area contributed by atoms with E-state index in [4.69, 9.17) is 4.74 Å². The topological polar surface area (TPSA) is 46.2 Å². The molecule has 2 heterocycles. The van der Waals surface area contributed by atoms with Crippen LogP contribution in [0.25, 0.3) is 10.8 Å². The fourth-order valence-electron chi connectivity index (χ4n) is 3.19. The summed E-state index contributed by atoms with van der Waals surface area (Å²) in [5.41, 5.74) is 0. The second-order valence-electron chi connectivity index (χ2n) is 5.40. The predicted molar refractivity (Wildman–Crippen MR) is 75.6 cm³/mol. The van der Waals surface area contributed by atoms with E-state index in [0.717, 1.165) is 36.5 Å². The van der Waals surface area contributed by atoms with Gasteiger partial charge in [0.15, 0.2) is 0 Å². The molecule has 98 valence electrons. The summed E-state index contributed by atoms with van der Waals surface area (Å²) in [6, 6.07) is 8.75. The highest BCUT2D eigenvalue weighted by Crippen LogP contribution is 2.44. The van der Waals surface area contributed by atoms with Crippen molar-refractivity contribution in [1.82, 2.24) is 10.3 Å². The number of nitrogens with zero attached hydrogens (tertiary/aromatic N) is 1. The molecular weight excluding hydrogens is 238 g/mol. The highest BCUT2D eigenvalue weighted by molar-refractivity contribution is 5.92. The maximum Gasteiger partial charge on any atom is 0.134 e. The zero-order valence-corrected chi connectivity index (χ0v) is 10.9. The first-order valence-electron chi connectivity index (χ1n) is 6.77. The van der Waals surface area contributed by atoms with Gasteiger partial charge in [-0.25, -0.2) is 4.98 Å². The minimum absolute atomic E-state index is 0.599. The minimum Gasteiger partial charge on any atom is -0.497 e. The molecule has 2 aromatic rings. The molecule has 4 rings (SSSR count). The van der Waals surface area contributed by atoms with Crippen LogP contribution in [0.15, 0.2) is 30.5 Å². The summed E-state index contributed by atoms with van der Waals surface area (Å²) in [6.45, 7) is 2.28. The molecular formula is C15H17N3O. The number of aromatic nitrogens is 1. The van der Waals surface area contributed by atoms with Gasteiger partial charge in [0, 0.05) is 30.7 Å². The lowest BCUT2D eigenvalue weighted by Gasteiger charge is -2.11. The van der Waals surface area contributed by atoms with Crippen LogP contribution in [-0.2, 0) is 0 Å². The summed E-state index contributed by atoms with van der Waals surface area (Å²) in [4.78, 5) is 4.50. The molecule has 0 spiro atoms. The van der Waals surface area contributed by atoms with E-state index in [2.05, 4.69) is 27.8 Å². The van der Waals surface area contributed by atoms with E-state index in [-0.39, 0.29) is 0 Å². The van der Waals surface area contributed by atoms with Gasteiger partial charge in [-0.15, -0.1) is 0 Å². The van der Waals surface area contributed by atoms with E-state index in [1.807, 2.05) is 18.3 Å². The van der Waals surface area contributed by atoms with Gasteiger partial charge in [0.2, 0.25) is 0 Å². The van der Waals surface area contributed by atoms with Crippen LogP contribution in [0, 0.1) is 11.8 Å². The molecule has 2 atom stereocenters. The summed E-state index contributed by atoms with van der Waals surface area (Å²) in [5.74, 6) is 3.46. The monoisotopic (exact) mass is 255 g/mol. The zero-order chi connectivity index (χ0) is 12.8. The second-order valence-corrected chi connectivity index (χ2v) is 5.40. The third kappa shape index (κ3) is 1.75. The molecule has 2 unspecified atom stereocenters. The van der Waals surface area contributed by atoms with Crippen molar-refractivity contribution in [2.45, 2.75) is 6.04 Å². The van der Waals surface area contributed by atoms with Crippen LogP contribution in [0.5, 0.6) is 5.75 Å². The smallest absolute Gasteiger partial charge is 0.134 e. The van der Waals surface area contributed by atoms with Crippen molar-refractivity contribution < 1.29 is 4.74 Å². The fraction of sp³-hybridized carbons (Fsp3) is 0.400. The Morgan fingerprint density at radius 3 is 2.89 bits per heavy atom. The number of hydrogen-bond acceptors (Lipinski definition) is 4. The Morgan fingerprint density at radius 2 is 2.11 bits per heavy atom. The molecule has 19 heavy (non-hydrogen) atoms. The van der Waals surface area contributed by atoms with Gasteiger partial charge in [-0.05, 0) is 41.5 Å². The summed E-state index contributed by atoms with van der Waals surface area (Å²) < 4.78 is 5.27. The summed E-state index contributed by atoms with van der Waals surface area (Å²) in [5, 5.41) is 9.35. The number of rotatable bonds is 3. The molecule has 4 nitrogen and oxygen atoms in total. The van der Waals surface area contributed by atoms with E-state index < -0.39 is 0 Å². The molecule has 0 radical (unpaired) electrons. The second kappa shape index (κ2) is 4.10. The number of benzene rings is 1. The van der Waals surface area contributed by atoms with Crippen LogP contribution in [0.1, 0.15) is 0 Å². The number of pyridine rings is 1. The largest absolute Gasteiger partial charge is 0.497 e. The van der Waals surface area contributed by atoms with Gasteiger partial charge in [0.1, 0.15) is 11.6 Å². The Kier molecular flexibility index (Phi) is 2.38. The number of nitrogens with one attached hydrogen (secondary N) is 2. The summed E-state index contributed by atoms with van der Waals surface area (Å²) in [6.07, 6.45) is 1.86. The molecule has 1 aliphatic carbocycles. The summed E-state index contributed by atoms with van der Waals surface area (Å²) in [7, 11) is 1.69. The minimum atomic E-state index is 0.599. The van der Waals surface area contributed by atoms with Crippen LogP contribution in [-0.4, -0.2) is 31.2 Å². The first kappa shape index (κ1) is 11.1. The lowest BCUT2D eigenvalue weighted by atomic mass is 10.1. The lowest BCUT2D eigenvalue weighted by molar-refractivity contribution is 0.415. The number of anilines is 1. The number of hydrogen-bond donors (Lipinski definition) is 2. The highest BCUT2D eigenvalue weighted by atomic mass is 16.5. The van der Waals surface area contributed by atoms with Crippen LogP contribution in [0.4, 0.5) is 5.82 Å². The quantitative estimate of drug-likeness (QED) is 0.879. The number of ether oxygens (including phenoxy) is 1. The van der Waals surface area contributed by atoms with Gasteiger partial charge in [0.05, 0.1) is 7.11 Å². The molecule has 1 aromatic carbocycles. The summed E-state index contributed by atoms with van der Waals surface area (Å²) >= 11 is 0. The molecule has 1 aliphatic heterocycles. The number of piperidine rings is 1. The highest BCUT2D eigenvalue weighted by Gasteiger charge is 2.53. The Labute approximate surface area is 112 Å². The molecule has 2 fully saturated rings. The van der Waals surface area contributed by atoms with Gasteiger partial charge in [0.25, 0.3) is 0 Å². The fourth-order valence-corrected chi connectivity index (χ4v) is 3.19. The Hall–Kier alpha value is -1.81. The van der Waals surface area contributed by atoms with E-state index >= 15 is 0 Å². The number of methoxy groups -OCH3 is 1. The Balaban J connectivity index is 1.66. The van der Waals surface area contributed by atoms with Gasteiger partial charge in [-0.2, -0.15) is 0 Å². The van der Waals surface area contributed by atoms with Crippen LogP contribution >= 0.6 is 0 Å². The third-order valence-electron chi connectivity index (χ3n) is 4.37. The zero-order valence-electron chi connectivity index (χ0n) is 10.9. The standard InChI is InChI=1S/C15H17N3O/c1-19-10-2-3-11-9(6-10)4-5-17-15(11)18-14-12-7-16-8-13(12)14/h2-6,12-14,16H,7-8H2,1H3,(H,17,18). The normalized spacial score (nSPS) is 28.2. The van der Waals surface area contributed by atoms with Crippen molar-refractivity contribution in [1.29, 1.82) is 0 Å². The average molecular weight is 255 g/mol. The van der Waals surface area contributed by atoms with Crippen molar-refractivity contribution in [2.24, 2.45) is 11.8 Å². The maximum atomic E-state index is 5.27. The van der Waals surface area contributed by atoms with E-state index in [0.29, 0.717) is 6.04 Å². The van der Waals surface area contributed by atoms with Crippen molar-refractivity contribution in [3.05, 3.63) is 30.5 Å². The Morgan fingerprint density at radius 1 is 1.26 bits per heavy atom. The van der Waals surface area contributed by atoms with Crippen molar-refractivity contribution in [3.63, 3.8) is 0 Å². The van der Waals surface area contributed by atoms with Gasteiger partial charge >= 0.3 is 0 Å². The van der Waals surface area contributed by atoms with Crippen LogP contribution in [0.3, 0.4) is 0 Å². The molecule has 2 aliphatic rings. The lowest BCUT2D eigenvalue weighted by Crippen LogP contribution is -2.21. The van der Waals surface area contributed by atoms with Crippen molar-refractivity contribution >= 4 is 16.6 Å². The van der Waals surface area contributed by atoms with E-state index in [1.165, 1.54) is 10.8 Å². The van der Waals surface area contributed by atoms with Gasteiger partial charge in [-0.3, -0.25) is 0 Å². The van der Waals surface area contributed by atoms with Gasteiger partial charge < -0.3 is 15.4 Å². The maximum absolute atomic E-state index is 5.27. The van der Waals surface area contributed by atoms with Crippen molar-refractivity contribution in [3.8, 4) is 5.75 Å². The SMILES string of the molecule is COc1ccc2c(NC3C4CNCC43)nccc2c1. The molecule has 0 amide bonds. The first-order chi connectivity index (χ1) is 9.36. The van der Waals surface area contributed by atoms with E-state index in [9.17, 15) is 0 Å². The first-order valence-corrected chi connectivity index (χ1v) is 6.77. The van der Waals surface area contributed by atoms with Crippen LogP contribution in [0.2, 0.25) is 0 Å². The molecule has 1 saturated carbocycles. The van der Waals surface area contributed by atoms with Crippen molar-refractivity contribution in [2.75, 3.05) is 25.5 Å². The molecule has 0 bridgehead atoms. The molecule has 2 N–H and O–H groups in total.